The van der Waals surface area contributed by atoms with E-state index in [0.717, 1.165) is 43.6 Å². The number of terminal acetylenes is 1. The molecule has 0 fully saturated rings. The number of H-pyrrole nitrogens is 1. The number of aliphatic hydroxyl groups is 1. The first-order chi connectivity index (χ1) is 16.9. The second-order valence-electron chi connectivity index (χ2n) is 9.29. The van der Waals surface area contributed by atoms with E-state index in [1.165, 1.54) is 11.5 Å². The molecule has 0 aliphatic carbocycles. The predicted octanol–water partition coefficient (Wildman–Crippen LogP) is 8.00. The quantitative estimate of drug-likeness (QED) is 0.236. The zero-order valence-corrected chi connectivity index (χ0v) is 23.0. The number of carboxylic acids is 1. The molecule has 0 saturated carbocycles. The van der Waals surface area contributed by atoms with Crippen LogP contribution in [-0.2, 0) is 11.2 Å². The molecule has 1 heterocycles. The smallest absolute Gasteiger partial charge is 0.307 e. The lowest BCUT2D eigenvalue weighted by molar-refractivity contribution is -0.136. The number of aromatic amines is 1. The van der Waals surface area contributed by atoms with Gasteiger partial charge in [-0.25, -0.2) is 0 Å². The van der Waals surface area contributed by atoms with Crippen molar-refractivity contribution in [2.75, 3.05) is 0 Å². The Labute approximate surface area is 221 Å². The van der Waals surface area contributed by atoms with E-state index in [4.69, 9.17) is 21.1 Å². The van der Waals surface area contributed by atoms with Crippen LogP contribution < -0.4 is 0 Å². The van der Waals surface area contributed by atoms with Crippen LogP contribution in [0.2, 0.25) is 5.02 Å². The van der Waals surface area contributed by atoms with Crippen LogP contribution in [0.5, 0.6) is 0 Å². The van der Waals surface area contributed by atoms with Crippen LogP contribution in [0.3, 0.4) is 0 Å². The highest BCUT2D eigenvalue weighted by molar-refractivity contribution is 7.13. The number of nitrogens with one attached hydrogen (secondary N) is 1. The molecule has 0 unspecified atom stereocenters. The third-order valence-corrected chi connectivity index (χ3v) is 6.28. The van der Waals surface area contributed by atoms with Crippen LogP contribution in [0, 0.1) is 33.6 Å². The molecule has 0 saturated heterocycles. The SMILES string of the molecule is C#C.CC(C)(C)O.Cc1ccc(-c2c(CC(=O)O)c(C)c3[nH]sc4cccc(Cl)c4oc3c2C)cc1. The highest BCUT2D eigenvalue weighted by Gasteiger charge is 2.20. The van der Waals surface area contributed by atoms with E-state index in [2.05, 4.69) is 17.2 Å². The van der Waals surface area contributed by atoms with Crippen molar-refractivity contribution in [1.82, 2.24) is 4.37 Å². The van der Waals surface area contributed by atoms with E-state index in [0.29, 0.717) is 16.2 Å². The van der Waals surface area contributed by atoms with E-state index < -0.39 is 11.6 Å². The first-order valence-electron chi connectivity index (χ1n) is 11.3. The standard InChI is InChI=1S/C23H20ClNO3S.C4H10O.C2H2/c1-12-7-9-15(10-8-12)20-14(3)22-21(13(2)16(20)11-19(26)27)25-29-18-6-4-5-17(24)23(18)28-22;1-4(2,3)5;1-2/h4-10,25H,11H2,1-3H3,(H,26,27);5H,1-3H3;1-2H. The molecule has 36 heavy (non-hydrogen) atoms. The van der Waals surface area contributed by atoms with Crippen molar-refractivity contribution in [3.8, 4) is 24.0 Å². The number of para-hydroxylation sites is 1. The van der Waals surface area contributed by atoms with Crippen LogP contribution in [-0.4, -0.2) is 26.2 Å². The third kappa shape index (κ3) is 7.14. The maximum atomic E-state index is 11.7. The van der Waals surface area contributed by atoms with E-state index in [9.17, 15) is 9.90 Å². The lowest BCUT2D eigenvalue weighted by Gasteiger charge is -2.17. The summed E-state index contributed by atoms with van der Waals surface area (Å²) in [6.07, 6.45) is 7.93. The summed E-state index contributed by atoms with van der Waals surface area (Å²) in [5.41, 5.74) is 7.10. The van der Waals surface area contributed by atoms with Gasteiger partial charge in [-0.15, -0.1) is 12.8 Å². The number of aliphatic carboxylic acids is 1. The summed E-state index contributed by atoms with van der Waals surface area (Å²) < 4.78 is 10.6. The Morgan fingerprint density at radius 1 is 1.03 bits per heavy atom. The molecule has 0 atom stereocenters. The number of fused-ring (bicyclic) bond motifs is 2. The Morgan fingerprint density at radius 3 is 2.17 bits per heavy atom. The zero-order chi connectivity index (χ0) is 27.2. The van der Waals surface area contributed by atoms with Gasteiger partial charge in [-0.05, 0) is 75.9 Å². The van der Waals surface area contributed by atoms with Gasteiger partial charge in [0.25, 0.3) is 0 Å². The molecule has 0 amide bonds. The number of aryl methyl sites for hydroxylation is 3. The Hall–Kier alpha value is -3.24. The molecular formula is C29H32ClNO4S. The molecule has 1 aromatic heterocycles. The van der Waals surface area contributed by atoms with E-state index >= 15 is 0 Å². The van der Waals surface area contributed by atoms with Gasteiger partial charge in [-0.2, -0.15) is 0 Å². The fourth-order valence-electron chi connectivity index (χ4n) is 3.65. The fraction of sp³-hybridized carbons (Fsp3) is 0.276. The maximum absolute atomic E-state index is 11.7. The van der Waals surface area contributed by atoms with E-state index in [1.807, 2.05) is 57.2 Å². The Morgan fingerprint density at radius 2 is 1.61 bits per heavy atom. The van der Waals surface area contributed by atoms with Crippen molar-refractivity contribution < 1.29 is 19.4 Å². The van der Waals surface area contributed by atoms with Crippen molar-refractivity contribution >= 4 is 50.5 Å². The van der Waals surface area contributed by atoms with Crippen molar-refractivity contribution in [2.45, 2.75) is 53.6 Å². The van der Waals surface area contributed by atoms with E-state index in [-0.39, 0.29) is 6.42 Å². The molecule has 4 rings (SSSR count). The largest absolute Gasteiger partial charge is 0.481 e. The monoisotopic (exact) mass is 525 g/mol. The number of hydrogen-bond donors (Lipinski definition) is 3. The average molecular weight is 526 g/mol. The predicted molar refractivity (Wildman–Crippen MR) is 151 cm³/mol. The van der Waals surface area contributed by atoms with Gasteiger partial charge in [0.15, 0.2) is 11.2 Å². The molecule has 5 nitrogen and oxygen atoms in total. The Balaban J connectivity index is 0.000000583. The lowest BCUT2D eigenvalue weighted by Crippen LogP contribution is -2.10. The van der Waals surface area contributed by atoms with Crippen molar-refractivity contribution in [3.63, 3.8) is 0 Å². The molecule has 3 aromatic carbocycles. The highest BCUT2D eigenvalue weighted by atomic mass is 35.5. The molecule has 3 N–H and O–H groups in total. The summed E-state index contributed by atoms with van der Waals surface area (Å²) >= 11 is 7.82. The summed E-state index contributed by atoms with van der Waals surface area (Å²) in [6, 6.07) is 13.7. The Bertz CT molecular complexity index is 1430. The second-order valence-corrected chi connectivity index (χ2v) is 10.5. The molecule has 0 aliphatic heterocycles. The molecular weight excluding hydrogens is 494 g/mol. The Kier molecular flexibility index (Phi) is 9.77. The molecule has 0 radical (unpaired) electrons. The number of hydrogen-bond acceptors (Lipinski definition) is 4. The molecule has 7 heteroatoms. The number of carboxylic acid groups (broad SMARTS) is 1. The van der Waals surface area contributed by atoms with Crippen molar-refractivity contribution in [2.24, 2.45) is 0 Å². The van der Waals surface area contributed by atoms with Crippen LogP contribution in [0.15, 0.2) is 46.9 Å². The molecule has 4 aromatic rings. The van der Waals surface area contributed by atoms with Gasteiger partial charge in [-0.3, -0.25) is 4.79 Å². The molecule has 0 spiro atoms. The summed E-state index contributed by atoms with van der Waals surface area (Å²) in [5, 5.41) is 18.6. The van der Waals surface area contributed by atoms with Crippen LogP contribution >= 0.6 is 23.1 Å². The maximum Gasteiger partial charge on any atom is 0.307 e. The van der Waals surface area contributed by atoms with Gasteiger partial charge in [-0.1, -0.05) is 59.0 Å². The second kappa shape index (κ2) is 12.1. The first-order valence-corrected chi connectivity index (χ1v) is 12.5. The molecule has 0 aliphatic rings. The first kappa shape index (κ1) is 29.0. The van der Waals surface area contributed by atoms with Gasteiger partial charge in [0.1, 0.15) is 0 Å². The van der Waals surface area contributed by atoms with Crippen LogP contribution in [0.4, 0.5) is 0 Å². The summed E-state index contributed by atoms with van der Waals surface area (Å²) in [4.78, 5) is 11.7. The van der Waals surface area contributed by atoms with Gasteiger partial charge < -0.3 is 19.0 Å². The van der Waals surface area contributed by atoms with Gasteiger partial charge >= 0.3 is 5.97 Å². The van der Waals surface area contributed by atoms with Crippen molar-refractivity contribution in [1.29, 1.82) is 0 Å². The summed E-state index contributed by atoms with van der Waals surface area (Å²) in [5.74, 6) is -0.866. The van der Waals surface area contributed by atoms with Crippen molar-refractivity contribution in [3.05, 3.63) is 69.7 Å². The third-order valence-electron chi connectivity index (χ3n) is 5.14. The normalized spacial score (nSPS) is 10.7. The number of aromatic nitrogens is 1. The zero-order valence-electron chi connectivity index (χ0n) is 21.4. The summed E-state index contributed by atoms with van der Waals surface area (Å²) in [7, 11) is 0. The number of halogens is 1. The van der Waals surface area contributed by atoms with Gasteiger partial charge in [0.05, 0.1) is 27.3 Å². The number of benzene rings is 3. The lowest BCUT2D eigenvalue weighted by atomic mass is 9.88. The van der Waals surface area contributed by atoms with Crippen LogP contribution in [0.25, 0.3) is 32.5 Å². The summed E-state index contributed by atoms with van der Waals surface area (Å²) in [6.45, 7) is 11.2. The number of carbonyl (C=O) groups is 1. The minimum atomic E-state index is -0.866. The van der Waals surface area contributed by atoms with E-state index in [1.54, 1.807) is 26.8 Å². The number of rotatable bonds is 3. The van der Waals surface area contributed by atoms with Gasteiger partial charge in [0, 0.05) is 5.56 Å². The molecule has 190 valence electrons. The average Bonchev–Trinajstić information content (AvgIpc) is 3.00. The topological polar surface area (TPSA) is 86.5 Å². The minimum absolute atomic E-state index is 0.0663. The van der Waals surface area contributed by atoms with Crippen LogP contribution in [0.1, 0.15) is 43.0 Å². The minimum Gasteiger partial charge on any atom is -0.481 e. The fourth-order valence-corrected chi connectivity index (χ4v) is 4.76. The highest BCUT2D eigenvalue weighted by Crippen LogP contribution is 2.38. The molecule has 0 bridgehead atoms. The van der Waals surface area contributed by atoms with Gasteiger partial charge in [0.2, 0.25) is 0 Å².